The molecule has 1 unspecified atom stereocenters. The van der Waals surface area contributed by atoms with Gasteiger partial charge in [-0.2, -0.15) is 0 Å². The van der Waals surface area contributed by atoms with Crippen molar-refractivity contribution in [1.82, 2.24) is 5.32 Å². The molecule has 1 aromatic rings. The molecule has 1 saturated heterocycles. The second kappa shape index (κ2) is 4.64. The summed E-state index contributed by atoms with van der Waals surface area (Å²) < 4.78 is 5.62. The van der Waals surface area contributed by atoms with Crippen LogP contribution in [0, 0.1) is 0 Å². The minimum absolute atomic E-state index is 0.174. The number of anilines is 1. The summed E-state index contributed by atoms with van der Waals surface area (Å²) in [5.74, 6) is 0. The van der Waals surface area contributed by atoms with Crippen LogP contribution in [0.25, 0.3) is 0 Å². The lowest BCUT2D eigenvalue weighted by atomic mass is 10.1. The van der Waals surface area contributed by atoms with Crippen molar-refractivity contribution in [3.63, 3.8) is 0 Å². The van der Waals surface area contributed by atoms with E-state index in [9.17, 15) is 0 Å². The lowest BCUT2D eigenvalue weighted by Crippen LogP contribution is -2.33. The first-order valence-corrected chi connectivity index (χ1v) is 5.07. The number of nitrogens with one attached hydrogen (secondary N) is 2. The number of benzene rings is 1. The van der Waals surface area contributed by atoms with Gasteiger partial charge in [-0.15, -0.1) is 0 Å². The smallest absolute Gasteiger partial charge is 0.0949 e. The minimum Gasteiger partial charge on any atom is -0.371 e. The van der Waals surface area contributed by atoms with Crippen molar-refractivity contribution < 1.29 is 4.74 Å². The van der Waals surface area contributed by atoms with Crippen LogP contribution in [0.4, 0.5) is 5.69 Å². The van der Waals surface area contributed by atoms with E-state index in [-0.39, 0.29) is 6.10 Å². The van der Waals surface area contributed by atoms with Crippen LogP contribution in [0.2, 0.25) is 0 Å². The van der Waals surface area contributed by atoms with Gasteiger partial charge in [-0.1, -0.05) is 12.1 Å². The highest BCUT2D eigenvalue weighted by Crippen LogP contribution is 2.20. The van der Waals surface area contributed by atoms with Crippen LogP contribution in [-0.4, -0.2) is 19.7 Å². The Kier molecular flexibility index (Phi) is 3.24. The molecule has 2 rings (SSSR count). The molecule has 0 amide bonds. The number of halogens is 1. The van der Waals surface area contributed by atoms with Gasteiger partial charge in [-0.05, 0) is 17.7 Å². The maximum Gasteiger partial charge on any atom is 0.0949 e. The molecule has 1 fully saturated rings. The van der Waals surface area contributed by atoms with E-state index in [1.54, 1.807) is 0 Å². The maximum atomic E-state index is 5.62. The molecule has 1 atom stereocenters. The van der Waals surface area contributed by atoms with Gasteiger partial charge in [0.1, 0.15) is 0 Å². The Morgan fingerprint density at radius 1 is 1.36 bits per heavy atom. The van der Waals surface area contributed by atoms with Gasteiger partial charge in [0.15, 0.2) is 0 Å². The SMILES string of the molecule is ClNc1ccc(C2CNCCO2)cc1. The predicted octanol–water partition coefficient (Wildman–Crippen LogP) is 1.91. The van der Waals surface area contributed by atoms with E-state index >= 15 is 0 Å². The molecule has 2 N–H and O–H groups in total. The molecule has 0 bridgehead atoms. The minimum atomic E-state index is 0.174. The van der Waals surface area contributed by atoms with Crippen LogP contribution < -0.4 is 10.2 Å². The van der Waals surface area contributed by atoms with Gasteiger partial charge >= 0.3 is 0 Å². The number of morpholine rings is 1. The molecule has 1 aliphatic rings. The van der Waals surface area contributed by atoms with E-state index in [4.69, 9.17) is 16.5 Å². The average Bonchev–Trinajstić information content (AvgIpc) is 2.30. The summed E-state index contributed by atoms with van der Waals surface area (Å²) in [5.41, 5.74) is 2.09. The van der Waals surface area contributed by atoms with Crippen molar-refractivity contribution in [1.29, 1.82) is 0 Å². The summed E-state index contributed by atoms with van der Waals surface area (Å²) >= 11 is 5.47. The Bertz CT molecular complexity index is 283. The van der Waals surface area contributed by atoms with E-state index in [0.29, 0.717) is 0 Å². The predicted molar refractivity (Wildman–Crippen MR) is 57.5 cm³/mol. The molecule has 0 aromatic heterocycles. The van der Waals surface area contributed by atoms with Crippen molar-refractivity contribution in [3.8, 4) is 0 Å². The summed E-state index contributed by atoms with van der Waals surface area (Å²) in [7, 11) is 0. The van der Waals surface area contributed by atoms with Crippen molar-refractivity contribution >= 4 is 17.5 Å². The van der Waals surface area contributed by atoms with Crippen molar-refractivity contribution in [2.75, 3.05) is 24.5 Å². The van der Waals surface area contributed by atoms with E-state index in [0.717, 1.165) is 25.4 Å². The number of hydrogen-bond donors (Lipinski definition) is 2. The quantitative estimate of drug-likeness (QED) is 0.735. The molecule has 1 aromatic carbocycles. The number of ether oxygens (including phenoxy) is 1. The summed E-state index contributed by atoms with van der Waals surface area (Å²) in [4.78, 5) is 2.57. The summed E-state index contributed by atoms with van der Waals surface area (Å²) in [6.07, 6.45) is 0.174. The van der Waals surface area contributed by atoms with Crippen LogP contribution in [-0.2, 0) is 4.74 Å². The van der Waals surface area contributed by atoms with Gasteiger partial charge in [0.2, 0.25) is 0 Å². The van der Waals surface area contributed by atoms with Gasteiger partial charge < -0.3 is 10.1 Å². The molecule has 0 aliphatic carbocycles. The Balaban J connectivity index is 2.07. The van der Waals surface area contributed by atoms with Crippen LogP contribution >= 0.6 is 11.8 Å². The van der Waals surface area contributed by atoms with Crippen molar-refractivity contribution in [3.05, 3.63) is 29.8 Å². The Morgan fingerprint density at radius 2 is 2.14 bits per heavy atom. The topological polar surface area (TPSA) is 33.3 Å². The zero-order chi connectivity index (χ0) is 9.80. The third kappa shape index (κ3) is 2.18. The zero-order valence-corrected chi connectivity index (χ0v) is 8.55. The third-order valence-electron chi connectivity index (χ3n) is 2.32. The summed E-state index contributed by atoms with van der Waals surface area (Å²) in [6, 6.07) is 7.95. The van der Waals surface area contributed by atoms with Gasteiger partial charge in [0.25, 0.3) is 0 Å². The highest BCUT2D eigenvalue weighted by atomic mass is 35.5. The van der Waals surface area contributed by atoms with Gasteiger partial charge in [0, 0.05) is 30.6 Å². The average molecular weight is 213 g/mol. The fraction of sp³-hybridized carbons (Fsp3) is 0.400. The second-order valence-electron chi connectivity index (χ2n) is 3.28. The highest BCUT2D eigenvalue weighted by molar-refractivity contribution is 6.23. The molecule has 1 aliphatic heterocycles. The van der Waals surface area contributed by atoms with Crippen LogP contribution in [0.15, 0.2) is 24.3 Å². The van der Waals surface area contributed by atoms with Crippen LogP contribution in [0.3, 0.4) is 0 Å². The molecule has 76 valence electrons. The van der Waals surface area contributed by atoms with Gasteiger partial charge in [-0.3, -0.25) is 4.84 Å². The number of hydrogen-bond acceptors (Lipinski definition) is 3. The molecule has 1 heterocycles. The maximum absolute atomic E-state index is 5.62. The largest absolute Gasteiger partial charge is 0.371 e. The van der Waals surface area contributed by atoms with Crippen LogP contribution in [0.1, 0.15) is 11.7 Å². The normalized spacial score (nSPS) is 21.9. The molecule has 0 spiro atoms. The summed E-state index contributed by atoms with van der Waals surface area (Å²) in [6.45, 7) is 2.60. The van der Waals surface area contributed by atoms with E-state index < -0.39 is 0 Å². The lowest BCUT2D eigenvalue weighted by Gasteiger charge is -2.23. The van der Waals surface area contributed by atoms with E-state index in [1.807, 2.05) is 24.3 Å². The molecule has 14 heavy (non-hydrogen) atoms. The lowest BCUT2D eigenvalue weighted by molar-refractivity contribution is 0.0277. The second-order valence-corrected chi connectivity index (χ2v) is 3.47. The fourth-order valence-corrected chi connectivity index (χ4v) is 1.67. The van der Waals surface area contributed by atoms with Gasteiger partial charge in [-0.25, -0.2) is 0 Å². The number of rotatable bonds is 2. The molecule has 0 saturated carbocycles. The molecular formula is C10H13ClN2O. The van der Waals surface area contributed by atoms with Gasteiger partial charge in [0.05, 0.1) is 12.7 Å². The highest BCUT2D eigenvalue weighted by Gasteiger charge is 2.14. The Hall–Kier alpha value is -0.770. The van der Waals surface area contributed by atoms with Crippen molar-refractivity contribution in [2.24, 2.45) is 0 Å². The van der Waals surface area contributed by atoms with E-state index in [1.165, 1.54) is 5.56 Å². The standard InChI is InChI=1S/C10H13ClN2O/c11-13-9-3-1-8(2-4-9)10-7-12-5-6-14-10/h1-4,10,12-13H,5-7H2. The van der Waals surface area contributed by atoms with Crippen LogP contribution in [0.5, 0.6) is 0 Å². The fourth-order valence-electron chi connectivity index (χ4n) is 1.54. The monoisotopic (exact) mass is 212 g/mol. The zero-order valence-electron chi connectivity index (χ0n) is 7.79. The Morgan fingerprint density at radius 3 is 2.71 bits per heavy atom. The first-order chi connectivity index (χ1) is 6.90. The molecule has 4 heteroatoms. The Labute approximate surface area is 88.5 Å². The third-order valence-corrected chi connectivity index (χ3v) is 2.54. The van der Waals surface area contributed by atoms with Crippen molar-refractivity contribution in [2.45, 2.75) is 6.10 Å². The van der Waals surface area contributed by atoms with E-state index in [2.05, 4.69) is 10.2 Å². The summed E-state index contributed by atoms with van der Waals surface area (Å²) in [5, 5.41) is 3.30. The molecular weight excluding hydrogens is 200 g/mol. The molecule has 3 nitrogen and oxygen atoms in total. The first-order valence-electron chi connectivity index (χ1n) is 4.69. The molecule has 0 radical (unpaired) electrons. The first kappa shape index (κ1) is 9.77.